The van der Waals surface area contributed by atoms with Crippen LogP contribution in [0.2, 0.25) is 5.02 Å². The van der Waals surface area contributed by atoms with Crippen LogP contribution in [0.15, 0.2) is 48.5 Å². The number of rotatable bonds is 4. The molecule has 0 unspecified atom stereocenters. The first kappa shape index (κ1) is 16.5. The molecule has 0 aliphatic rings. The molecular formula is C20H19ClN2O. The van der Waals surface area contributed by atoms with Gasteiger partial charge in [-0.3, -0.25) is 9.78 Å². The van der Waals surface area contributed by atoms with E-state index < -0.39 is 0 Å². The quantitative estimate of drug-likeness (QED) is 0.767. The maximum atomic E-state index is 12.4. The molecule has 2 aromatic carbocycles. The molecule has 0 aliphatic heterocycles. The summed E-state index contributed by atoms with van der Waals surface area (Å²) in [5.74, 6) is -0.0294. The van der Waals surface area contributed by atoms with Gasteiger partial charge in [-0.1, -0.05) is 48.0 Å². The maximum absolute atomic E-state index is 12.4. The van der Waals surface area contributed by atoms with E-state index in [1.54, 1.807) is 0 Å². The third-order valence-electron chi connectivity index (χ3n) is 4.26. The number of amides is 1. The number of carbonyl (C=O) groups is 1. The lowest BCUT2D eigenvalue weighted by Gasteiger charge is -2.13. The van der Waals surface area contributed by atoms with Gasteiger partial charge < -0.3 is 5.32 Å². The minimum atomic E-state index is -0.0294. The first-order valence-corrected chi connectivity index (χ1v) is 8.29. The van der Waals surface area contributed by atoms with E-state index in [2.05, 4.69) is 10.3 Å². The third kappa shape index (κ3) is 3.41. The molecule has 0 spiro atoms. The van der Waals surface area contributed by atoms with Crippen molar-refractivity contribution in [2.24, 2.45) is 0 Å². The van der Waals surface area contributed by atoms with Crippen molar-refractivity contribution in [1.82, 2.24) is 10.3 Å². The Morgan fingerprint density at radius 2 is 1.79 bits per heavy atom. The van der Waals surface area contributed by atoms with Crippen LogP contribution in [0.25, 0.3) is 10.9 Å². The minimum absolute atomic E-state index is 0.0294. The van der Waals surface area contributed by atoms with E-state index in [-0.39, 0.29) is 5.91 Å². The number of aryl methyl sites for hydroxylation is 2. The van der Waals surface area contributed by atoms with Gasteiger partial charge in [-0.2, -0.15) is 0 Å². The van der Waals surface area contributed by atoms with Crippen molar-refractivity contribution in [3.63, 3.8) is 0 Å². The van der Waals surface area contributed by atoms with E-state index >= 15 is 0 Å². The number of aromatic nitrogens is 1. The van der Waals surface area contributed by atoms with Gasteiger partial charge in [0, 0.05) is 22.6 Å². The van der Waals surface area contributed by atoms with Crippen LogP contribution in [0.5, 0.6) is 0 Å². The summed E-state index contributed by atoms with van der Waals surface area (Å²) in [7, 11) is 0. The first-order valence-electron chi connectivity index (χ1n) is 7.91. The van der Waals surface area contributed by atoms with Gasteiger partial charge in [0.1, 0.15) is 0 Å². The van der Waals surface area contributed by atoms with Gasteiger partial charge in [-0.15, -0.1) is 0 Å². The molecule has 1 N–H and O–H groups in total. The molecule has 3 aromatic rings. The summed E-state index contributed by atoms with van der Waals surface area (Å²) in [6.07, 6.45) is 0.319. The Hall–Kier alpha value is -2.39. The Morgan fingerprint density at radius 3 is 2.58 bits per heavy atom. The fraction of sp³-hybridized carbons (Fsp3) is 0.200. The predicted octanol–water partition coefficient (Wildman–Crippen LogP) is 4.36. The highest BCUT2D eigenvalue weighted by Crippen LogP contribution is 2.23. The van der Waals surface area contributed by atoms with E-state index in [4.69, 9.17) is 11.6 Å². The van der Waals surface area contributed by atoms with Crippen LogP contribution in [0.3, 0.4) is 0 Å². The second kappa shape index (κ2) is 7.02. The molecule has 0 atom stereocenters. The Balaban J connectivity index is 1.77. The molecule has 3 nitrogen and oxygen atoms in total. The molecular weight excluding hydrogens is 320 g/mol. The van der Waals surface area contributed by atoms with Gasteiger partial charge in [-0.25, -0.2) is 0 Å². The lowest BCUT2D eigenvalue weighted by Crippen LogP contribution is -2.25. The van der Waals surface area contributed by atoms with Gasteiger partial charge in [0.05, 0.1) is 11.9 Å². The minimum Gasteiger partial charge on any atom is -0.352 e. The van der Waals surface area contributed by atoms with Gasteiger partial charge in [-0.05, 0) is 42.7 Å². The van der Waals surface area contributed by atoms with E-state index in [1.807, 2.05) is 62.4 Å². The smallest absolute Gasteiger partial charge is 0.224 e. The average Bonchev–Trinajstić information content (AvgIpc) is 2.58. The number of hydrogen-bond acceptors (Lipinski definition) is 2. The highest BCUT2D eigenvalue weighted by atomic mass is 35.5. The second-order valence-corrected chi connectivity index (χ2v) is 6.27. The van der Waals surface area contributed by atoms with Crippen molar-refractivity contribution in [3.8, 4) is 0 Å². The fourth-order valence-corrected chi connectivity index (χ4v) is 3.09. The van der Waals surface area contributed by atoms with Crippen LogP contribution in [0, 0.1) is 13.8 Å². The molecule has 0 fully saturated rings. The van der Waals surface area contributed by atoms with Crippen molar-refractivity contribution in [3.05, 3.63) is 75.9 Å². The van der Waals surface area contributed by atoms with Gasteiger partial charge >= 0.3 is 0 Å². The molecule has 4 heteroatoms. The Labute approximate surface area is 146 Å². The highest BCUT2D eigenvalue weighted by Gasteiger charge is 2.13. The molecule has 122 valence electrons. The van der Waals surface area contributed by atoms with E-state index in [0.29, 0.717) is 18.0 Å². The van der Waals surface area contributed by atoms with Gasteiger partial charge in [0.15, 0.2) is 0 Å². The largest absolute Gasteiger partial charge is 0.352 e. The molecule has 0 bridgehead atoms. The number of benzene rings is 2. The van der Waals surface area contributed by atoms with Crippen LogP contribution < -0.4 is 5.32 Å². The number of hydrogen-bond donors (Lipinski definition) is 1. The zero-order valence-electron chi connectivity index (χ0n) is 13.8. The molecule has 0 aliphatic carbocycles. The highest BCUT2D eigenvalue weighted by molar-refractivity contribution is 6.31. The van der Waals surface area contributed by atoms with Crippen LogP contribution >= 0.6 is 11.6 Å². The number of nitrogens with one attached hydrogen (secondary N) is 1. The van der Waals surface area contributed by atoms with E-state index in [1.165, 1.54) is 0 Å². The summed E-state index contributed by atoms with van der Waals surface area (Å²) >= 11 is 6.12. The second-order valence-electron chi connectivity index (χ2n) is 5.86. The summed E-state index contributed by atoms with van der Waals surface area (Å²) < 4.78 is 0. The van der Waals surface area contributed by atoms with E-state index in [9.17, 15) is 4.79 Å². The molecule has 1 amide bonds. The maximum Gasteiger partial charge on any atom is 0.224 e. The molecule has 0 saturated carbocycles. The topological polar surface area (TPSA) is 42.0 Å². The molecule has 0 saturated heterocycles. The fourth-order valence-electron chi connectivity index (χ4n) is 2.89. The monoisotopic (exact) mass is 338 g/mol. The Kier molecular flexibility index (Phi) is 4.81. The van der Waals surface area contributed by atoms with Crippen LogP contribution in [0.4, 0.5) is 0 Å². The first-order chi connectivity index (χ1) is 11.6. The number of pyridine rings is 1. The molecule has 1 heterocycles. The Bertz CT molecular complexity index is 905. The summed E-state index contributed by atoms with van der Waals surface area (Å²) in [5, 5.41) is 4.70. The Morgan fingerprint density at radius 1 is 1.08 bits per heavy atom. The van der Waals surface area contributed by atoms with Crippen LogP contribution in [-0.4, -0.2) is 10.9 Å². The zero-order valence-corrected chi connectivity index (χ0v) is 14.5. The number of halogens is 1. The molecule has 3 rings (SSSR count). The van der Waals surface area contributed by atoms with E-state index in [0.717, 1.165) is 33.3 Å². The SMILES string of the molecule is Cc1nc2ccccc2c(C)c1CC(=O)NCc1ccccc1Cl. The number of nitrogens with zero attached hydrogens (tertiary/aromatic N) is 1. The molecule has 1 aromatic heterocycles. The third-order valence-corrected chi connectivity index (χ3v) is 4.63. The lowest BCUT2D eigenvalue weighted by atomic mass is 9.99. The van der Waals surface area contributed by atoms with Crippen molar-refractivity contribution in [2.45, 2.75) is 26.8 Å². The summed E-state index contributed by atoms with van der Waals surface area (Å²) in [5.41, 5.74) is 4.89. The van der Waals surface area contributed by atoms with Crippen molar-refractivity contribution >= 4 is 28.4 Å². The van der Waals surface area contributed by atoms with Gasteiger partial charge in [0.25, 0.3) is 0 Å². The average molecular weight is 339 g/mol. The van der Waals surface area contributed by atoms with Crippen LogP contribution in [0.1, 0.15) is 22.4 Å². The normalized spacial score (nSPS) is 10.8. The predicted molar refractivity (Wildman–Crippen MR) is 98.2 cm³/mol. The molecule has 24 heavy (non-hydrogen) atoms. The van der Waals surface area contributed by atoms with Gasteiger partial charge in [0.2, 0.25) is 5.91 Å². The van der Waals surface area contributed by atoms with Crippen molar-refractivity contribution < 1.29 is 4.79 Å². The summed E-state index contributed by atoms with van der Waals surface area (Å²) in [6, 6.07) is 15.5. The number of para-hydroxylation sites is 1. The molecule has 0 radical (unpaired) electrons. The number of fused-ring (bicyclic) bond motifs is 1. The standard InChI is InChI=1S/C20H19ClN2O/c1-13-16-8-4-6-10-19(16)23-14(2)17(13)11-20(24)22-12-15-7-3-5-9-18(15)21/h3-10H,11-12H2,1-2H3,(H,22,24). The zero-order chi connectivity index (χ0) is 17.1. The lowest BCUT2D eigenvalue weighted by molar-refractivity contribution is -0.120. The number of carbonyl (C=O) groups excluding carboxylic acids is 1. The summed E-state index contributed by atoms with van der Waals surface area (Å²) in [6.45, 7) is 4.43. The van der Waals surface area contributed by atoms with Crippen LogP contribution in [-0.2, 0) is 17.8 Å². The van der Waals surface area contributed by atoms with Crippen molar-refractivity contribution in [1.29, 1.82) is 0 Å². The summed E-state index contributed by atoms with van der Waals surface area (Å²) in [4.78, 5) is 17.0. The van der Waals surface area contributed by atoms with Crippen molar-refractivity contribution in [2.75, 3.05) is 0 Å².